The first kappa shape index (κ1) is 9.51. The molecule has 1 unspecified atom stereocenters. The Balaban J connectivity index is 1.85. The molecular formula is C11H14N2OS. The zero-order valence-corrected chi connectivity index (χ0v) is 9.37. The molecule has 0 radical (unpaired) electrons. The molecule has 3 heterocycles. The maximum Gasteiger partial charge on any atom is 0.0594 e. The molecule has 0 saturated carbocycles. The van der Waals surface area contributed by atoms with Gasteiger partial charge in [0.2, 0.25) is 0 Å². The molecule has 3 rings (SSSR count). The number of hydrogen-bond donors (Lipinski definition) is 0. The Bertz CT molecular complexity index is 368. The quantitative estimate of drug-likeness (QED) is 0.720. The molecule has 0 aliphatic carbocycles. The molecule has 1 fully saturated rings. The van der Waals surface area contributed by atoms with Gasteiger partial charge in [0, 0.05) is 24.2 Å². The van der Waals surface area contributed by atoms with Gasteiger partial charge in [-0.25, -0.2) is 0 Å². The van der Waals surface area contributed by atoms with Crippen molar-refractivity contribution in [3.63, 3.8) is 0 Å². The zero-order valence-electron chi connectivity index (χ0n) is 8.56. The smallest absolute Gasteiger partial charge is 0.0594 e. The van der Waals surface area contributed by atoms with Crippen LogP contribution in [0, 0.1) is 0 Å². The summed E-state index contributed by atoms with van der Waals surface area (Å²) in [6.07, 6.45) is 2.01. The fraction of sp³-hybridized carbons (Fsp3) is 0.545. The van der Waals surface area contributed by atoms with Crippen molar-refractivity contribution in [2.24, 2.45) is 4.99 Å². The van der Waals surface area contributed by atoms with Crippen molar-refractivity contribution in [3.05, 3.63) is 21.9 Å². The van der Waals surface area contributed by atoms with Crippen LogP contribution in [0.2, 0.25) is 0 Å². The molecule has 1 aromatic heterocycles. The summed E-state index contributed by atoms with van der Waals surface area (Å²) in [5.74, 6) is 0. The Morgan fingerprint density at radius 3 is 3.13 bits per heavy atom. The van der Waals surface area contributed by atoms with E-state index in [4.69, 9.17) is 4.74 Å². The normalized spacial score (nSPS) is 26.5. The van der Waals surface area contributed by atoms with E-state index >= 15 is 0 Å². The Labute approximate surface area is 93.4 Å². The van der Waals surface area contributed by atoms with E-state index in [1.54, 1.807) is 11.3 Å². The van der Waals surface area contributed by atoms with Gasteiger partial charge >= 0.3 is 0 Å². The molecule has 1 aromatic rings. The minimum absolute atomic E-state index is 0.486. The van der Waals surface area contributed by atoms with Crippen molar-refractivity contribution in [2.75, 3.05) is 32.8 Å². The van der Waals surface area contributed by atoms with Crippen LogP contribution in [0.15, 0.2) is 16.4 Å². The maximum atomic E-state index is 5.38. The van der Waals surface area contributed by atoms with Gasteiger partial charge in [0.15, 0.2) is 0 Å². The molecule has 1 saturated heterocycles. The van der Waals surface area contributed by atoms with E-state index in [0.717, 1.165) is 32.8 Å². The number of morpholine rings is 1. The molecule has 80 valence electrons. The molecule has 1 atom stereocenters. The van der Waals surface area contributed by atoms with Crippen molar-refractivity contribution in [1.29, 1.82) is 0 Å². The molecule has 0 amide bonds. The molecule has 4 heteroatoms. The first-order chi connectivity index (χ1) is 7.45. The Morgan fingerprint density at radius 1 is 1.40 bits per heavy atom. The molecule has 0 bridgehead atoms. The van der Waals surface area contributed by atoms with E-state index in [0.29, 0.717) is 6.04 Å². The van der Waals surface area contributed by atoms with Crippen molar-refractivity contribution in [3.8, 4) is 0 Å². The van der Waals surface area contributed by atoms with Crippen molar-refractivity contribution >= 4 is 17.6 Å². The number of aliphatic imine (C=N–C) groups is 1. The summed E-state index contributed by atoms with van der Waals surface area (Å²) in [5.41, 5.74) is 1.46. The van der Waals surface area contributed by atoms with E-state index in [2.05, 4.69) is 21.3 Å². The molecule has 3 nitrogen and oxygen atoms in total. The summed E-state index contributed by atoms with van der Waals surface area (Å²) < 4.78 is 5.38. The Morgan fingerprint density at radius 2 is 2.27 bits per heavy atom. The summed E-state index contributed by atoms with van der Waals surface area (Å²) >= 11 is 1.79. The van der Waals surface area contributed by atoms with Gasteiger partial charge in [0.25, 0.3) is 0 Å². The topological polar surface area (TPSA) is 24.8 Å². The molecule has 2 aliphatic rings. The standard InChI is InChI=1S/C11H14N2OS/c1-6-15-11-8-12-7-10(9(1)11)13-2-4-14-5-3-13/h1,6,8,10H,2-5,7H2. The number of thiophene rings is 1. The van der Waals surface area contributed by atoms with Crippen molar-refractivity contribution in [1.82, 2.24) is 4.90 Å². The lowest BCUT2D eigenvalue weighted by Crippen LogP contribution is -2.40. The second-order valence-corrected chi connectivity index (χ2v) is 4.85. The van der Waals surface area contributed by atoms with Crippen LogP contribution in [-0.4, -0.2) is 44.0 Å². The van der Waals surface area contributed by atoms with Crippen LogP contribution < -0.4 is 0 Å². The van der Waals surface area contributed by atoms with Crippen LogP contribution in [0.3, 0.4) is 0 Å². The Hall–Kier alpha value is -0.710. The fourth-order valence-electron chi connectivity index (χ4n) is 2.25. The SMILES string of the molecule is C1=NCC(N2CCOCC2)c2ccsc21. The van der Waals surface area contributed by atoms with Crippen LogP contribution in [-0.2, 0) is 4.74 Å². The monoisotopic (exact) mass is 222 g/mol. The van der Waals surface area contributed by atoms with Gasteiger partial charge in [-0.2, -0.15) is 0 Å². The highest BCUT2D eigenvalue weighted by atomic mass is 32.1. The predicted molar refractivity (Wildman–Crippen MR) is 61.9 cm³/mol. The second-order valence-electron chi connectivity index (χ2n) is 3.90. The van der Waals surface area contributed by atoms with Gasteiger partial charge in [-0.3, -0.25) is 9.89 Å². The largest absolute Gasteiger partial charge is 0.379 e. The summed E-state index contributed by atoms with van der Waals surface area (Å²) in [6, 6.07) is 2.73. The summed E-state index contributed by atoms with van der Waals surface area (Å²) in [5, 5.41) is 2.16. The maximum absolute atomic E-state index is 5.38. The van der Waals surface area contributed by atoms with Gasteiger partial charge < -0.3 is 4.74 Å². The highest BCUT2D eigenvalue weighted by molar-refractivity contribution is 7.11. The number of fused-ring (bicyclic) bond motifs is 1. The Kier molecular flexibility index (Phi) is 2.56. The van der Waals surface area contributed by atoms with E-state index in [-0.39, 0.29) is 0 Å². The lowest BCUT2D eigenvalue weighted by atomic mass is 10.0. The molecule has 0 spiro atoms. The van der Waals surface area contributed by atoms with Crippen molar-refractivity contribution in [2.45, 2.75) is 6.04 Å². The van der Waals surface area contributed by atoms with E-state index < -0.39 is 0 Å². The summed E-state index contributed by atoms with van der Waals surface area (Å²) in [6.45, 7) is 4.70. The highest BCUT2D eigenvalue weighted by Gasteiger charge is 2.26. The third kappa shape index (κ3) is 1.73. The molecule has 2 aliphatic heterocycles. The molecule has 15 heavy (non-hydrogen) atoms. The third-order valence-corrected chi connectivity index (χ3v) is 3.93. The third-order valence-electron chi connectivity index (χ3n) is 3.06. The van der Waals surface area contributed by atoms with Crippen LogP contribution in [0.25, 0.3) is 0 Å². The number of nitrogens with zero attached hydrogens (tertiary/aromatic N) is 2. The summed E-state index contributed by atoms with van der Waals surface area (Å²) in [7, 11) is 0. The first-order valence-corrected chi connectivity index (χ1v) is 6.22. The van der Waals surface area contributed by atoms with Gasteiger partial charge in [-0.1, -0.05) is 0 Å². The second kappa shape index (κ2) is 4.04. The average molecular weight is 222 g/mol. The molecule has 0 aromatic carbocycles. The minimum Gasteiger partial charge on any atom is -0.379 e. The highest BCUT2D eigenvalue weighted by Crippen LogP contribution is 2.30. The van der Waals surface area contributed by atoms with Gasteiger partial charge in [-0.15, -0.1) is 11.3 Å². The molecule has 0 N–H and O–H groups in total. The van der Waals surface area contributed by atoms with Gasteiger partial charge in [0.1, 0.15) is 0 Å². The predicted octanol–water partition coefficient (Wildman–Crippen LogP) is 1.55. The summed E-state index contributed by atoms with van der Waals surface area (Å²) in [4.78, 5) is 8.27. The number of hydrogen-bond acceptors (Lipinski definition) is 4. The minimum atomic E-state index is 0.486. The lowest BCUT2D eigenvalue weighted by molar-refractivity contribution is 0.0178. The van der Waals surface area contributed by atoms with Crippen LogP contribution >= 0.6 is 11.3 Å². The van der Waals surface area contributed by atoms with Crippen LogP contribution in [0.4, 0.5) is 0 Å². The van der Waals surface area contributed by atoms with Crippen LogP contribution in [0.1, 0.15) is 16.5 Å². The van der Waals surface area contributed by atoms with E-state index in [9.17, 15) is 0 Å². The lowest BCUT2D eigenvalue weighted by Gasteiger charge is -2.34. The first-order valence-electron chi connectivity index (χ1n) is 5.34. The van der Waals surface area contributed by atoms with Crippen molar-refractivity contribution < 1.29 is 4.74 Å². The molecular weight excluding hydrogens is 208 g/mol. The fourth-order valence-corrected chi connectivity index (χ4v) is 3.08. The van der Waals surface area contributed by atoms with E-state index in [1.807, 2.05) is 6.21 Å². The van der Waals surface area contributed by atoms with Crippen LogP contribution in [0.5, 0.6) is 0 Å². The number of rotatable bonds is 1. The number of ether oxygens (including phenoxy) is 1. The zero-order chi connectivity index (χ0) is 10.1. The average Bonchev–Trinajstić information content (AvgIpc) is 2.78. The van der Waals surface area contributed by atoms with E-state index in [1.165, 1.54) is 10.4 Å². The van der Waals surface area contributed by atoms with Gasteiger partial charge in [0.05, 0.1) is 25.8 Å². The van der Waals surface area contributed by atoms with Gasteiger partial charge in [-0.05, 0) is 17.0 Å².